The number of aryl methyl sites for hydroxylation is 1. The molecular formula is C20H20O6. The van der Waals surface area contributed by atoms with E-state index in [9.17, 15) is 25.2 Å². The fourth-order valence-corrected chi connectivity index (χ4v) is 3.11. The van der Waals surface area contributed by atoms with Crippen LogP contribution in [0.5, 0.6) is 23.0 Å². The molecule has 2 aromatic carbocycles. The Hall–Kier alpha value is -3.15. The lowest BCUT2D eigenvalue weighted by Gasteiger charge is -2.15. The largest absolute Gasteiger partial charge is 0.508 e. The van der Waals surface area contributed by atoms with Crippen molar-refractivity contribution in [3.8, 4) is 34.1 Å². The smallest absolute Gasteiger partial charge is 0.204 e. The SMILES string of the molecule is Cc1oc2c(CC(C)C)c(O)c(O)c(O)c2c(=O)c1-c1ccc(O)cc1. The van der Waals surface area contributed by atoms with Crippen molar-refractivity contribution < 1.29 is 24.8 Å². The summed E-state index contributed by atoms with van der Waals surface area (Å²) in [5.41, 5.74) is 0.549. The Morgan fingerprint density at radius 2 is 1.58 bits per heavy atom. The van der Waals surface area contributed by atoms with Gasteiger partial charge in [0.25, 0.3) is 0 Å². The van der Waals surface area contributed by atoms with Gasteiger partial charge in [0.2, 0.25) is 11.2 Å². The van der Waals surface area contributed by atoms with Gasteiger partial charge < -0.3 is 24.8 Å². The van der Waals surface area contributed by atoms with Crippen molar-refractivity contribution in [1.29, 1.82) is 0 Å². The molecule has 0 bridgehead atoms. The van der Waals surface area contributed by atoms with Crippen LogP contribution in [-0.4, -0.2) is 20.4 Å². The molecule has 0 saturated heterocycles. The van der Waals surface area contributed by atoms with Crippen molar-refractivity contribution in [3.63, 3.8) is 0 Å². The molecule has 0 saturated carbocycles. The molecule has 0 fully saturated rings. The van der Waals surface area contributed by atoms with Crippen molar-refractivity contribution in [2.75, 3.05) is 0 Å². The van der Waals surface area contributed by atoms with Gasteiger partial charge in [-0.25, -0.2) is 0 Å². The summed E-state index contributed by atoms with van der Waals surface area (Å²) < 4.78 is 5.81. The highest BCUT2D eigenvalue weighted by Crippen LogP contribution is 2.45. The van der Waals surface area contributed by atoms with E-state index in [4.69, 9.17) is 4.42 Å². The predicted octanol–water partition coefficient (Wildman–Crippen LogP) is 3.79. The topological polar surface area (TPSA) is 111 Å². The number of aromatic hydroxyl groups is 4. The minimum Gasteiger partial charge on any atom is -0.508 e. The number of phenols is 4. The highest BCUT2D eigenvalue weighted by molar-refractivity contribution is 5.94. The first kappa shape index (κ1) is 17.7. The first-order valence-electron chi connectivity index (χ1n) is 8.24. The molecule has 0 spiro atoms. The van der Waals surface area contributed by atoms with Crippen LogP contribution >= 0.6 is 0 Å². The average molecular weight is 356 g/mol. The van der Waals surface area contributed by atoms with Crippen LogP contribution in [0.4, 0.5) is 0 Å². The minimum absolute atomic E-state index is 0.0567. The highest BCUT2D eigenvalue weighted by atomic mass is 16.3. The quantitative estimate of drug-likeness (QED) is 0.531. The molecular weight excluding hydrogens is 336 g/mol. The van der Waals surface area contributed by atoms with E-state index in [1.54, 1.807) is 19.1 Å². The van der Waals surface area contributed by atoms with E-state index in [0.717, 1.165) is 0 Å². The summed E-state index contributed by atoms with van der Waals surface area (Å²) in [6.07, 6.45) is 0.358. The summed E-state index contributed by atoms with van der Waals surface area (Å²) in [5.74, 6) is -1.44. The van der Waals surface area contributed by atoms with Gasteiger partial charge in [-0.1, -0.05) is 26.0 Å². The van der Waals surface area contributed by atoms with Gasteiger partial charge >= 0.3 is 0 Å². The first-order valence-corrected chi connectivity index (χ1v) is 8.24. The van der Waals surface area contributed by atoms with Gasteiger partial charge in [-0.05, 0) is 37.0 Å². The third-order valence-electron chi connectivity index (χ3n) is 4.30. The van der Waals surface area contributed by atoms with Gasteiger partial charge in [0.05, 0.1) is 5.56 Å². The number of benzene rings is 2. The first-order chi connectivity index (χ1) is 12.2. The van der Waals surface area contributed by atoms with Crippen molar-refractivity contribution in [2.45, 2.75) is 27.2 Å². The fourth-order valence-electron chi connectivity index (χ4n) is 3.11. The number of hydrogen-bond acceptors (Lipinski definition) is 6. The van der Waals surface area contributed by atoms with E-state index < -0.39 is 22.7 Å². The standard InChI is InChI=1S/C20H20O6/c1-9(2)8-13-16(22)19(25)18(24)15-17(23)14(10(3)26-20(13)15)11-4-6-12(21)7-5-11/h4-7,9,21-22,24-25H,8H2,1-3H3. The molecule has 6 nitrogen and oxygen atoms in total. The van der Waals surface area contributed by atoms with Crippen LogP contribution in [0, 0.1) is 12.8 Å². The minimum atomic E-state index is -0.735. The lowest BCUT2D eigenvalue weighted by atomic mass is 9.96. The molecule has 136 valence electrons. The van der Waals surface area contributed by atoms with E-state index in [2.05, 4.69) is 0 Å². The molecule has 3 aromatic rings. The second-order valence-electron chi connectivity index (χ2n) is 6.74. The molecule has 0 aliphatic carbocycles. The van der Waals surface area contributed by atoms with Crippen LogP contribution < -0.4 is 5.43 Å². The second-order valence-corrected chi connectivity index (χ2v) is 6.74. The Labute approximate surface area is 149 Å². The molecule has 0 radical (unpaired) electrons. The Morgan fingerprint density at radius 3 is 2.15 bits per heavy atom. The van der Waals surface area contributed by atoms with Crippen LogP contribution in [0.15, 0.2) is 33.5 Å². The van der Waals surface area contributed by atoms with Crippen molar-refractivity contribution in [2.24, 2.45) is 5.92 Å². The Balaban J connectivity index is 2.43. The molecule has 1 aromatic heterocycles. The van der Waals surface area contributed by atoms with Crippen molar-refractivity contribution in [1.82, 2.24) is 0 Å². The van der Waals surface area contributed by atoms with Gasteiger partial charge in [-0.15, -0.1) is 0 Å². The summed E-state index contributed by atoms with van der Waals surface area (Å²) in [7, 11) is 0. The van der Waals surface area contributed by atoms with Gasteiger partial charge in [0.15, 0.2) is 11.5 Å². The van der Waals surface area contributed by atoms with E-state index >= 15 is 0 Å². The molecule has 1 heterocycles. The summed E-state index contributed by atoms with van der Waals surface area (Å²) in [5, 5.41) is 39.8. The van der Waals surface area contributed by atoms with Gasteiger partial charge in [-0.3, -0.25) is 4.79 Å². The molecule has 26 heavy (non-hydrogen) atoms. The number of hydrogen-bond donors (Lipinski definition) is 4. The van der Waals surface area contributed by atoms with Gasteiger partial charge in [0, 0.05) is 5.56 Å². The van der Waals surface area contributed by atoms with Gasteiger partial charge in [0.1, 0.15) is 22.5 Å². The van der Waals surface area contributed by atoms with Crippen LogP contribution in [-0.2, 0) is 6.42 Å². The third kappa shape index (κ3) is 2.73. The van der Waals surface area contributed by atoms with E-state index in [0.29, 0.717) is 17.7 Å². The maximum Gasteiger partial charge on any atom is 0.204 e. The van der Waals surface area contributed by atoms with Crippen LogP contribution in [0.3, 0.4) is 0 Å². The van der Waals surface area contributed by atoms with Gasteiger partial charge in [-0.2, -0.15) is 0 Å². The van der Waals surface area contributed by atoms with E-state index in [-0.39, 0.29) is 33.8 Å². The lowest BCUT2D eigenvalue weighted by Crippen LogP contribution is -2.10. The Kier molecular flexibility index (Phi) is 4.28. The molecule has 0 atom stereocenters. The number of phenolic OH excluding ortho intramolecular Hbond substituents is 4. The van der Waals surface area contributed by atoms with Crippen molar-refractivity contribution >= 4 is 11.0 Å². The Bertz CT molecular complexity index is 1050. The summed E-state index contributed by atoms with van der Waals surface area (Å²) in [4.78, 5) is 13.1. The van der Waals surface area contributed by atoms with Crippen molar-refractivity contribution in [3.05, 3.63) is 45.8 Å². The van der Waals surface area contributed by atoms with Crippen LogP contribution in [0.25, 0.3) is 22.1 Å². The predicted molar refractivity (Wildman–Crippen MR) is 97.9 cm³/mol. The molecule has 0 aliphatic heterocycles. The fraction of sp³-hybridized carbons (Fsp3) is 0.250. The molecule has 6 heteroatoms. The number of fused-ring (bicyclic) bond motifs is 1. The Morgan fingerprint density at radius 1 is 0.962 bits per heavy atom. The average Bonchev–Trinajstić information content (AvgIpc) is 2.58. The summed E-state index contributed by atoms with van der Waals surface area (Å²) >= 11 is 0. The highest BCUT2D eigenvalue weighted by Gasteiger charge is 2.25. The second kappa shape index (κ2) is 6.29. The number of rotatable bonds is 3. The van der Waals surface area contributed by atoms with Crippen LogP contribution in [0.2, 0.25) is 0 Å². The zero-order valence-corrected chi connectivity index (χ0v) is 14.7. The third-order valence-corrected chi connectivity index (χ3v) is 4.30. The summed E-state index contributed by atoms with van der Waals surface area (Å²) in [6, 6.07) is 6.01. The zero-order valence-electron chi connectivity index (χ0n) is 14.7. The lowest BCUT2D eigenvalue weighted by molar-refractivity contribution is 0.365. The zero-order chi connectivity index (χ0) is 19.2. The maximum atomic E-state index is 13.1. The monoisotopic (exact) mass is 356 g/mol. The van der Waals surface area contributed by atoms with Crippen LogP contribution in [0.1, 0.15) is 25.2 Å². The normalized spacial score (nSPS) is 11.4. The maximum absolute atomic E-state index is 13.1. The van der Waals surface area contributed by atoms with E-state index in [1.165, 1.54) is 12.1 Å². The molecule has 4 N–H and O–H groups in total. The molecule has 0 aliphatic rings. The molecule has 0 unspecified atom stereocenters. The molecule has 0 amide bonds. The van der Waals surface area contributed by atoms with E-state index in [1.807, 2.05) is 13.8 Å². The molecule has 3 rings (SSSR count). The summed E-state index contributed by atoms with van der Waals surface area (Å²) in [6.45, 7) is 5.46.